The first-order valence-corrected chi connectivity index (χ1v) is 11.3. The average Bonchev–Trinajstić information content (AvgIpc) is 3.46. The zero-order chi connectivity index (χ0) is 25.4. The Hall–Kier alpha value is -4.32. The lowest BCUT2D eigenvalue weighted by Gasteiger charge is -2.18. The Morgan fingerprint density at radius 3 is 2.67 bits per heavy atom. The fourth-order valence-electron chi connectivity index (χ4n) is 4.23. The number of para-hydroxylation sites is 2. The number of aliphatic hydroxyl groups is 1. The molecule has 1 aliphatic rings. The number of ketones is 1. The third kappa shape index (κ3) is 4.26. The number of H-pyrrole nitrogens is 1. The van der Waals surface area contributed by atoms with Crippen LogP contribution in [0.5, 0.6) is 0 Å². The summed E-state index contributed by atoms with van der Waals surface area (Å²) in [5, 5.41) is 20.6. The summed E-state index contributed by atoms with van der Waals surface area (Å²) in [5.74, 6) is -2.76. The molecule has 1 saturated heterocycles. The van der Waals surface area contributed by atoms with Gasteiger partial charge in [0.1, 0.15) is 29.1 Å². The number of hydrogen-bond donors (Lipinski definition) is 2. The standard InChI is InChI=1S/C28H22FN3O4/c1-28(2)35-15-22(36-28)18-9-6-10-19(24(18)29)26(34)23(25(33)17-8-5-7-16(13-17)14-30)27-31-20-11-3-4-12-21(20)32-27/h3-13,22,33H,15H2,1-2H3,(H,31,32)/b25-23-/t22-/m0/s1. The van der Waals surface area contributed by atoms with Gasteiger partial charge in [0.25, 0.3) is 0 Å². The number of imidazole rings is 1. The zero-order valence-corrected chi connectivity index (χ0v) is 19.6. The maximum Gasteiger partial charge on any atom is 0.203 e. The Morgan fingerprint density at radius 1 is 1.17 bits per heavy atom. The topological polar surface area (TPSA) is 108 Å². The van der Waals surface area contributed by atoms with E-state index in [1.54, 1.807) is 68.4 Å². The van der Waals surface area contributed by atoms with Crippen LogP contribution < -0.4 is 0 Å². The van der Waals surface area contributed by atoms with Crippen LogP contribution in [-0.4, -0.2) is 33.3 Å². The van der Waals surface area contributed by atoms with Gasteiger partial charge in [-0.2, -0.15) is 5.26 Å². The first kappa shape index (κ1) is 23.4. The van der Waals surface area contributed by atoms with E-state index in [0.29, 0.717) is 16.6 Å². The van der Waals surface area contributed by atoms with Crippen LogP contribution in [0.4, 0.5) is 4.39 Å². The van der Waals surface area contributed by atoms with Crippen LogP contribution in [0, 0.1) is 17.1 Å². The molecule has 4 aromatic rings. The zero-order valence-electron chi connectivity index (χ0n) is 19.6. The third-order valence-electron chi connectivity index (χ3n) is 5.98. The van der Waals surface area contributed by atoms with E-state index < -0.39 is 29.3 Å². The lowest BCUT2D eigenvalue weighted by Crippen LogP contribution is -2.20. The van der Waals surface area contributed by atoms with E-state index in [1.165, 1.54) is 12.1 Å². The number of aromatic nitrogens is 2. The second-order valence-corrected chi connectivity index (χ2v) is 8.87. The Balaban J connectivity index is 1.67. The van der Waals surface area contributed by atoms with Crippen LogP contribution in [0.3, 0.4) is 0 Å². The van der Waals surface area contributed by atoms with E-state index >= 15 is 4.39 Å². The van der Waals surface area contributed by atoms with Crippen molar-refractivity contribution in [3.63, 3.8) is 0 Å². The predicted octanol–water partition coefficient (Wildman–Crippen LogP) is 5.71. The van der Waals surface area contributed by atoms with Crippen LogP contribution in [0.1, 0.15) is 52.8 Å². The lowest BCUT2D eigenvalue weighted by molar-refractivity contribution is -0.139. The summed E-state index contributed by atoms with van der Waals surface area (Å²) < 4.78 is 27.1. The average molecular weight is 483 g/mol. The number of Topliss-reactive ketones (excluding diaryl/α,β-unsaturated/α-hetero) is 1. The van der Waals surface area contributed by atoms with Crippen molar-refractivity contribution in [1.29, 1.82) is 5.26 Å². The molecule has 0 bridgehead atoms. The largest absolute Gasteiger partial charge is 0.506 e. The van der Waals surface area contributed by atoms with E-state index in [9.17, 15) is 15.2 Å². The highest BCUT2D eigenvalue weighted by molar-refractivity contribution is 6.33. The molecular weight excluding hydrogens is 461 g/mol. The van der Waals surface area contributed by atoms with Gasteiger partial charge >= 0.3 is 0 Å². The van der Waals surface area contributed by atoms with Crippen molar-refractivity contribution in [3.05, 3.63) is 101 Å². The molecule has 2 N–H and O–H groups in total. The molecule has 0 spiro atoms. The maximum absolute atomic E-state index is 15.8. The Bertz CT molecular complexity index is 1530. The number of carbonyl (C=O) groups is 1. The summed E-state index contributed by atoms with van der Waals surface area (Å²) in [6.07, 6.45) is -0.688. The molecule has 2 heterocycles. The van der Waals surface area contributed by atoms with E-state index in [1.807, 2.05) is 6.07 Å². The molecule has 36 heavy (non-hydrogen) atoms. The van der Waals surface area contributed by atoms with E-state index in [4.69, 9.17) is 9.47 Å². The Labute approximate surface area is 206 Å². The summed E-state index contributed by atoms with van der Waals surface area (Å²) in [4.78, 5) is 21.4. The molecule has 0 aliphatic carbocycles. The van der Waals surface area contributed by atoms with Crippen LogP contribution in [0.2, 0.25) is 0 Å². The van der Waals surface area contributed by atoms with Gasteiger partial charge in [-0.25, -0.2) is 9.37 Å². The van der Waals surface area contributed by atoms with Gasteiger partial charge in [-0.3, -0.25) is 4.79 Å². The van der Waals surface area contributed by atoms with E-state index in [-0.39, 0.29) is 34.7 Å². The molecule has 0 saturated carbocycles. The Morgan fingerprint density at radius 2 is 1.94 bits per heavy atom. The van der Waals surface area contributed by atoms with Crippen molar-refractivity contribution in [1.82, 2.24) is 9.97 Å². The normalized spacial score (nSPS) is 17.6. The molecule has 1 fully saturated rings. The first-order chi connectivity index (χ1) is 17.3. The molecule has 0 radical (unpaired) electrons. The van der Waals surface area contributed by atoms with Crippen molar-refractivity contribution in [2.45, 2.75) is 25.7 Å². The number of rotatable bonds is 5. The van der Waals surface area contributed by atoms with E-state index in [2.05, 4.69) is 9.97 Å². The van der Waals surface area contributed by atoms with Crippen LogP contribution in [0.15, 0.2) is 66.7 Å². The smallest absolute Gasteiger partial charge is 0.203 e. The van der Waals surface area contributed by atoms with E-state index in [0.717, 1.165) is 0 Å². The van der Waals surface area contributed by atoms with Crippen molar-refractivity contribution in [3.8, 4) is 6.07 Å². The number of benzene rings is 3. The molecule has 5 rings (SSSR count). The highest BCUT2D eigenvalue weighted by Crippen LogP contribution is 2.36. The minimum Gasteiger partial charge on any atom is -0.506 e. The van der Waals surface area contributed by atoms with Gasteiger partial charge < -0.3 is 19.6 Å². The van der Waals surface area contributed by atoms with Gasteiger partial charge in [0, 0.05) is 11.1 Å². The molecule has 1 aromatic heterocycles. The van der Waals surface area contributed by atoms with Crippen molar-refractivity contribution >= 4 is 28.1 Å². The number of allylic oxidation sites excluding steroid dienone is 1. The number of fused-ring (bicyclic) bond motifs is 1. The third-order valence-corrected chi connectivity index (χ3v) is 5.98. The number of carbonyl (C=O) groups excluding carboxylic acids is 1. The number of nitrogens with one attached hydrogen (secondary N) is 1. The highest BCUT2D eigenvalue weighted by atomic mass is 19.1. The highest BCUT2D eigenvalue weighted by Gasteiger charge is 2.36. The van der Waals surface area contributed by atoms with Crippen LogP contribution in [0.25, 0.3) is 22.4 Å². The molecule has 7 nitrogen and oxygen atoms in total. The number of aliphatic hydroxyl groups excluding tert-OH is 1. The summed E-state index contributed by atoms with van der Waals surface area (Å²) in [6, 6.07) is 19.8. The number of hydrogen-bond acceptors (Lipinski definition) is 6. The number of nitrogens with zero attached hydrogens (tertiary/aromatic N) is 2. The molecule has 1 aliphatic heterocycles. The van der Waals surface area contributed by atoms with Crippen LogP contribution in [-0.2, 0) is 9.47 Å². The maximum atomic E-state index is 15.8. The van der Waals surface area contributed by atoms with Crippen LogP contribution >= 0.6 is 0 Å². The van der Waals surface area contributed by atoms with Gasteiger partial charge in [0.05, 0.1) is 34.8 Å². The number of ether oxygens (including phenoxy) is 2. The first-order valence-electron chi connectivity index (χ1n) is 11.3. The second kappa shape index (κ2) is 9.04. The number of halogens is 1. The molecule has 0 unspecified atom stereocenters. The van der Waals surface area contributed by atoms with Gasteiger partial charge in [-0.1, -0.05) is 36.4 Å². The molecule has 180 valence electrons. The lowest BCUT2D eigenvalue weighted by atomic mass is 9.95. The number of nitriles is 1. The SMILES string of the molecule is CC1(C)OC[C@@H](c2cccc(C(=O)/C(=C(/O)c3cccc(C#N)c3)c3nc4ccccc4[nH]3)c2F)O1. The summed E-state index contributed by atoms with van der Waals surface area (Å²) >= 11 is 0. The molecule has 1 atom stereocenters. The number of aromatic amines is 1. The Kier molecular flexibility index (Phi) is 5.88. The van der Waals surface area contributed by atoms with Gasteiger partial charge in [0.15, 0.2) is 5.79 Å². The fourth-order valence-corrected chi connectivity index (χ4v) is 4.23. The summed E-state index contributed by atoms with van der Waals surface area (Å²) in [5.41, 5.74) is 1.45. The molecule has 3 aromatic carbocycles. The van der Waals surface area contributed by atoms with Crippen molar-refractivity contribution in [2.24, 2.45) is 0 Å². The summed E-state index contributed by atoms with van der Waals surface area (Å²) in [7, 11) is 0. The molecule has 8 heteroatoms. The fraction of sp³-hybridized carbons (Fsp3) is 0.179. The quantitative estimate of drug-likeness (QED) is 0.214. The monoisotopic (exact) mass is 483 g/mol. The second-order valence-electron chi connectivity index (χ2n) is 8.87. The molecule has 0 amide bonds. The predicted molar refractivity (Wildman–Crippen MR) is 131 cm³/mol. The minimum absolute atomic E-state index is 0.0763. The van der Waals surface area contributed by atoms with Crippen molar-refractivity contribution < 1.29 is 23.8 Å². The van der Waals surface area contributed by atoms with Crippen molar-refractivity contribution in [2.75, 3.05) is 6.61 Å². The van der Waals surface area contributed by atoms with Gasteiger partial charge in [-0.05, 0) is 44.2 Å². The van der Waals surface area contributed by atoms with Gasteiger partial charge in [0.2, 0.25) is 5.78 Å². The van der Waals surface area contributed by atoms with Gasteiger partial charge in [-0.15, -0.1) is 0 Å². The minimum atomic E-state index is -0.875. The summed E-state index contributed by atoms with van der Waals surface area (Å²) in [6.45, 7) is 3.60. The molecular formula is C28H22FN3O4.